The van der Waals surface area contributed by atoms with E-state index < -0.39 is 9.73 Å². The first-order chi connectivity index (χ1) is 5.47. The molecule has 0 aromatic carbocycles. The standard InChI is InChI=1S/C8H12N2OS/c1-7-3-4-8(10-5-7)6-12(2,9)11/h3-5,9H,6H2,1-2H3. The Balaban J connectivity index is 2.85. The van der Waals surface area contributed by atoms with Crippen molar-refractivity contribution in [2.24, 2.45) is 0 Å². The van der Waals surface area contributed by atoms with Gasteiger partial charge in [-0.2, -0.15) is 0 Å². The van der Waals surface area contributed by atoms with Crippen molar-refractivity contribution in [2.45, 2.75) is 12.7 Å². The number of nitrogens with zero attached hydrogens (tertiary/aromatic N) is 1. The van der Waals surface area contributed by atoms with Crippen LogP contribution in [-0.2, 0) is 15.5 Å². The normalized spacial score (nSPS) is 15.5. The van der Waals surface area contributed by atoms with E-state index in [1.807, 2.05) is 19.1 Å². The number of aryl methyl sites for hydroxylation is 1. The van der Waals surface area contributed by atoms with Gasteiger partial charge in [-0.05, 0) is 18.6 Å². The van der Waals surface area contributed by atoms with Crippen LogP contribution in [0.2, 0.25) is 0 Å². The monoisotopic (exact) mass is 184 g/mol. The van der Waals surface area contributed by atoms with Crippen molar-refractivity contribution in [1.82, 2.24) is 4.98 Å². The van der Waals surface area contributed by atoms with Crippen LogP contribution in [0, 0.1) is 11.7 Å². The zero-order chi connectivity index (χ0) is 9.19. The third kappa shape index (κ3) is 3.00. The summed E-state index contributed by atoms with van der Waals surface area (Å²) in [5.41, 5.74) is 1.80. The zero-order valence-corrected chi connectivity index (χ0v) is 8.02. The Kier molecular flexibility index (Phi) is 2.47. The van der Waals surface area contributed by atoms with Gasteiger partial charge in [0.25, 0.3) is 0 Å². The predicted octanol–water partition coefficient (Wildman–Crippen LogP) is 1.57. The highest BCUT2D eigenvalue weighted by Gasteiger charge is 2.00. The lowest BCUT2D eigenvalue weighted by Gasteiger charge is -2.00. The molecule has 0 fully saturated rings. The largest absolute Gasteiger partial charge is 0.260 e. The predicted molar refractivity (Wildman–Crippen MR) is 49.5 cm³/mol. The third-order valence-corrected chi connectivity index (χ3v) is 2.24. The van der Waals surface area contributed by atoms with Gasteiger partial charge >= 0.3 is 0 Å². The summed E-state index contributed by atoms with van der Waals surface area (Å²) in [7, 11) is -2.45. The van der Waals surface area contributed by atoms with Gasteiger partial charge in [0.05, 0.1) is 11.4 Å². The Morgan fingerprint density at radius 1 is 1.58 bits per heavy atom. The second-order valence-corrected chi connectivity index (χ2v) is 5.27. The van der Waals surface area contributed by atoms with E-state index in [1.165, 1.54) is 6.26 Å². The molecule has 0 aliphatic heterocycles. The highest BCUT2D eigenvalue weighted by molar-refractivity contribution is 7.90. The minimum Gasteiger partial charge on any atom is -0.260 e. The molecule has 1 N–H and O–H groups in total. The Morgan fingerprint density at radius 3 is 2.67 bits per heavy atom. The van der Waals surface area contributed by atoms with Crippen molar-refractivity contribution in [1.29, 1.82) is 4.78 Å². The minimum absolute atomic E-state index is 0.243. The highest BCUT2D eigenvalue weighted by Crippen LogP contribution is 2.02. The molecule has 0 saturated heterocycles. The van der Waals surface area contributed by atoms with Gasteiger partial charge < -0.3 is 0 Å². The Hall–Kier alpha value is -0.900. The van der Waals surface area contributed by atoms with Crippen molar-refractivity contribution >= 4 is 9.73 Å². The maximum Gasteiger partial charge on any atom is 0.0736 e. The smallest absolute Gasteiger partial charge is 0.0736 e. The van der Waals surface area contributed by atoms with Crippen LogP contribution in [0.4, 0.5) is 0 Å². The molecule has 1 atom stereocenters. The Labute approximate surface area is 72.8 Å². The number of aromatic nitrogens is 1. The Bertz CT molecular complexity index is 353. The fourth-order valence-electron chi connectivity index (χ4n) is 0.866. The lowest BCUT2D eigenvalue weighted by atomic mass is 10.3. The van der Waals surface area contributed by atoms with Crippen LogP contribution in [0.5, 0.6) is 0 Å². The van der Waals surface area contributed by atoms with Crippen LogP contribution in [0.3, 0.4) is 0 Å². The molecule has 4 heteroatoms. The van der Waals surface area contributed by atoms with Crippen molar-refractivity contribution < 1.29 is 4.21 Å². The highest BCUT2D eigenvalue weighted by atomic mass is 32.2. The van der Waals surface area contributed by atoms with Crippen LogP contribution in [0.1, 0.15) is 11.3 Å². The van der Waals surface area contributed by atoms with E-state index in [-0.39, 0.29) is 5.75 Å². The number of rotatable bonds is 2. The molecule has 0 amide bonds. The van der Waals surface area contributed by atoms with E-state index in [0.29, 0.717) is 0 Å². The summed E-state index contributed by atoms with van der Waals surface area (Å²) in [6, 6.07) is 3.72. The molecule has 1 rings (SSSR count). The number of hydrogen-bond donors (Lipinski definition) is 1. The van der Waals surface area contributed by atoms with E-state index in [9.17, 15) is 4.21 Å². The van der Waals surface area contributed by atoms with Crippen molar-refractivity contribution in [3.05, 3.63) is 29.6 Å². The molecular formula is C8H12N2OS. The fourth-order valence-corrected chi connectivity index (χ4v) is 1.60. The topological polar surface area (TPSA) is 53.8 Å². The molecule has 12 heavy (non-hydrogen) atoms. The first-order valence-corrected chi connectivity index (χ1v) is 5.74. The Morgan fingerprint density at radius 2 is 2.25 bits per heavy atom. The molecule has 0 aliphatic rings. The lowest BCUT2D eigenvalue weighted by Crippen LogP contribution is -2.00. The van der Waals surface area contributed by atoms with Gasteiger partial charge in [-0.3, -0.25) is 9.76 Å². The average Bonchev–Trinajstić information content (AvgIpc) is 1.91. The van der Waals surface area contributed by atoms with Gasteiger partial charge in [0.15, 0.2) is 0 Å². The molecule has 0 bridgehead atoms. The first kappa shape index (κ1) is 9.19. The van der Waals surface area contributed by atoms with E-state index in [4.69, 9.17) is 4.78 Å². The maximum absolute atomic E-state index is 11.1. The zero-order valence-electron chi connectivity index (χ0n) is 7.20. The van der Waals surface area contributed by atoms with Crippen molar-refractivity contribution in [3.8, 4) is 0 Å². The van der Waals surface area contributed by atoms with Crippen LogP contribution < -0.4 is 0 Å². The summed E-state index contributed by atoms with van der Waals surface area (Å²) in [5, 5.41) is 0. The molecule has 66 valence electrons. The molecule has 1 aromatic rings. The van der Waals surface area contributed by atoms with E-state index >= 15 is 0 Å². The van der Waals surface area contributed by atoms with E-state index in [1.54, 1.807) is 6.20 Å². The van der Waals surface area contributed by atoms with Crippen LogP contribution >= 0.6 is 0 Å². The second kappa shape index (κ2) is 3.23. The molecule has 1 heterocycles. The van der Waals surface area contributed by atoms with Crippen molar-refractivity contribution in [2.75, 3.05) is 6.26 Å². The molecule has 0 saturated carbocycles. The molecule has 3 nitrogen and oxygen atoms in total. The van der Waals surface area contributed by atoms with Gasteiger partial charge in [0, 0.05) is 22.2 Å². The second-order valence-electron chi connectivity index (χ2n) is 2.98. The quantitative estimate of drug-likeness (QED) is 0.758. The van der Waals surface area contributed by atoms with Gasteiger partial charge in [0.1, 0.15) is 0 Å². The fraction of sp³-hybridized carbons (Fsp3) is 0.375. The number of pyridine rings is 1. The van der Waals surface area contributed by atoms with E-state index in [2.05, 4.69) is 4.98 Å². The van der Waals surface area contributed by atoms with Gasteiger partial charge in [-0.15, -0.1) is 0 Å². The number of nitrogens with one attached hydrogen (secondary N) is 1. The van der Waals surface area contributed by atoms with Gasteiger partial charge in [-0.25, -0.2) is 4.21 Å². The first-order valence-electron chi connectivity index (χ1n) is 3.60. The molecule has 1 aromatic heterocycles. The molecule has 0 spiro atoms. The van der Waals surface area contributed by atoms with Crippen LogP contribution in [0.15, 0.2) is 18.3 Å². The molecular weight excluding hydrogens is 172 g/mol. The minimum atomic E-state index is -2.45. The molecule has 1 unspecified atom stereocenters. The summed E-state index contributed by atoms with van der Waals surface area (Å²) >= 11 is 0. The third-order valence-electron chi connectivity index (χ3n) is 1.40. The van der Waals surface area contributed by atoms with Crippen LogP contribution in [-0.4, -0.2) is 15.4 Å². The summed E-state index contributed by atoms with van der Waals surface area (Å²) in [4.78, 5) is 4.06. The summed E-state index contributed by atoms with van der Waals surface area (Å²) < 4.78 is 18.3. The average molecular weight is 184 g/mol. The van der Waals surface area contributed by atoms with Crippen LogP contribution in [0.25, 0.3) is 0 Å². The molecule has 0 aliphatic carbocycles. The summed E-state index contributed by atoms with van der Waals surface area (Å²) in [6.07, 6.45) is 3.15. The number of hydrogen-bond acceptors (Lipinski definition) is 3. The van der Waals surface area contributed by atoms with E-state index in [0.717, 1.165) is 11.3 Å². The van der Waals surface area contributed by atoms with Gasteiger partial charge in [0.2, 0.25) is 0 Å². The summed E-state index contributed by atoms with van der Waals surface area (Å²) in [6.45, 7) is 1.95. The molecule has 0 radical (unpaired) electrons. The lowest BCUT2D eigenvalue weighted by molar-refractivity contribution is 0.678. The SMILES string of the molecule is Cc1ccc(CS(C)(=N)=O)nc1. The summed E-state index contributed by atoms with van der Waals surface area (Å²) in [5.74, 6) is 0.243. The van der Waals surface area contributed by atoms with Gasteiger partial charge in [-0.1, -0.05) is 6.07 Å². The van der Waals surface area contributed by atoms with Crippen molar-refractivity contribution in [3.63, 3.8) is 0 Å². The maximum atomic E-state index is 11.1.